The van der Waals surface area contributed by atoms with Gasteiger partial charge in [0.05, 0.1) is 5.69 Å². The van der Waals surface area contributed by atoms with Crippen molar-refractivity contribution < 1.29 is 14.4 Å². The number of hydrogen-bond acceptors (Lipinski definition) is 5. The normalized spacial score (nSPS) is 20.8. The van der Waals surface area contributed by atoms with Crippen LogP contribution in [0.2, 0.25) is 0 Å². The average molecular weight is 371 g/mol. The zero-order valence-corrected chi connectivity index (χ0v) is 15.9. The molecule has 1 aromatic rings. The summed E-state index contributed by atoms with van der Waals surface area (Å²) in [7, 11) is 3.49. The first kappa shape index (κ1) is 18.9. The van der Waals surface area contributed by atoms with Gasteiger partial charge in [-0.1, -0.05) is 18.2 Å². The van der Waals surface area contributed by atoms with Gasteiger partial charge >= 0.3 is 0 Å². The van der Waals surface area contributed by atoms with E-state index >= 15 is 0 Å². The van der Waals surface area contributed by atoms with Crippen molar-refractivity contribution in [1.29, 1.82) is 0 Å². The highest BCUT2D eigenvalue weighted by Gasteiger charge is 2.35. The van der Waals surface area contributed by atoms with Crippen LogP contribution in [0.15, 0.2) is 35.3 Å². The lowest BCUT2D eigenvalue weighted by Gasteiger charge is -2.35. The molecule has 0 unspecified atom stereocenters. The third-order valence-electron chi connectivity index (χ3n) is 4.91. The molecular weight excluding hydrogens is 346 g/mol. The first-order valence-corrected chi connectivity index (χ1v) is 9.12. The number of carbonyl (C=O) groups is 3. The van der Waals surface area contributed by atoms with Crippen LogP contribution >= 0.6 is 0 Å². The van der Waals surface area contributed by atoms with E-state index in [1.807, 2.05) is 18.2 Å². The molecule has 1 atom stereocenters. The van der Waals surface area contributed by atoms with Crippen LogP contribution in [0.4, 0.5) is 5.69 Å². The minimum atomic E-state index is -0.640. The number of rotatable bonds is 3. The van der Waals surface area contributed by atoms with Crippen LogP contribution in [0.25, 0.3) is 0 Å². The van der Waals surface area contributed by atoms with Gasteiger partial charge in [-0.15, -0.1) is 0 Å². The number of likely N-dealkylation sites (tertiary alicyclic amines) is 1. The first-order chi connectivity index (χ1) is 12.9. The molecule has 0 aliphatic carbocycles. The summed E-state index contributed by atoms with van der Waals surface area (Å²) < 4.78 is 0. The SMILES string of the molecule is C[C@@H]1N=C(C(=O)N2CCC(C(=O)N(C)C)CC2)NN(c2ccccc2)C1=O. The summed E-state index contributed by atoms with van der Waals surface area (Å²) in [6.07, 6.45) is 1.26. The number of aliphatic imine (C=N–C) groups is 1. The van der Waals surface area contributed by atoms with Crippen molar-refractivity contribution in [3.8, 4) is 0 Å². The minimum absolute atomic E-state index is 0.0494. The number of amides is 3. The third-order valence-corrected chi connectivity index (χ3v) is 4.91. The highest BCUT2D eigenvalue weighted by atomic mass is 16.2. The monoisotopic (exact) mass is 371 g/mol. The lowest BCUT2D eigenvalue weighted by atomic mass is 9.95. The molecule has 2 aliphatic heterocycles. The standard InChI is InChI=1S/C19H25N5O3/c1-13-17(25)24(15-7-5-4-6-8-15)21-16(20-13)19(27)23-11-9-14(10-12-23)18(26)22(2)3/h4-8,13-14H,9-12H2,1-3H3,(H,20,21)/t13-/m0/s1. The molecule has 144 valence electrons. The lowest BCUT2D eigenvalue weighted by molar-refractivity contribution is -0.136. The van der Waals surface area contributed by atoms with E-state index in [1.165, 1.54) is 5.01 Å². The Balaban J connectivity index is 1.69. The van der Waals surface area contributed by atoms with Crippen molar-refractivity contribution in [2.24, 2.45) is 10.9 Å². The molecule has 1 saturated heterocycles. The van der Waals surface area contributed by atoms with E-state index in [4.69, 9.17) is 0 Å². The van der Waals surface area contributed by atoms with E-state index < -0.39 is 6.04 Å². The van der Waals surface area contributed by atoms with Crippen LogP contribution in [-0.4, -0.2) is 66.6 Å². The van der Waals surface area contributed by atoms with E-state index in [0.29, 0.717) is 31.6 Å². The second-order valence-electron chi connectivity index (χ2n) is 7.07. The average Bonchev–Trinajstić information content (AvgIpc) is 2.69. The van der Waals surface area contributed by atoms with Gasteiger partial charge in [0, 0.05) is 33.1 Å². The molecule has 1 N–H and O–H groups in total. The molecule has 8 nitrogen and oxygen atoms in total. The fourth-order valence-corrected chi connectivity index (χ4v) is 3.34. The summed E-state index contributed by atoms with van der Waals surface area (Å²) in [5, 5.41) is 1.37. The zero-order valence-electron chi connectivity index (χ0n) is 15.9. The van der Waals surface area contributed by atoms with Gasteiger partial charge in [0.25, 0.3) is 11.8 Å². The van der Waals surface area contributed by atoms with Crippen LogP contribution in [0.3, 0.4) is 0 Å². The van der Waals surface area contributed by atoms with Crippen LogP contribution in [0.1, 0.15) is 19.8 Å². The Morgan fingerprint density at radius 2 is 1.78 bits per heavy atom. The van der Waals surface area contributed by atoms with Gasteiger partial charge in [-0.3, -0.25) is 19.8 Å². The van der Waals surface area contributed by atoms with Gasteiger partial charge in [-0.05, 0) is 31.9 Å². The highest BCUT2D eigenvalue weighted by molar-refractivity contribution is 6.39. The summed E-state index contributed by atoms with van der Waals surface area (Å²) in [5.74, 6) is -0.251. The molecule has 1 aromatic carbocycles. The molecule has 0 spiro atoms. The second kappa shape index (κ2) is 7.77. The Hall–Kier alpha value is -2.90. The predicted octanol–water partition coefficient (Wildman–Crippen LogP) is 0.652. The van der Waals surface area contributed by atoms with Gasteiger partial charge in [0.1, 0.15) is 6.04 Å². The number of hydrazine groups is 1. The molecule has 8 heteroatoms. The number of nitrogens with zero attached hydrogens (tertiary/aromatic N) is 4. The van der Waals surface area contributed by atoms with Crippen molar-refractivity contribution in [3.05, 3.63) is 30.3 Å². The van der Waals surface area contributed by atoms with Crippen molar-refractivity contribution >= 4 is 29.2 Å². The Kier molecular flexibility index (Phi) is 5.43. The summed E-state index contributed by atoms with van der Waals surface area (Å²) >= 11 is 0. The van der Waals surface area contributed by atoms with Crippen LogP contribution in [0, 0.1) is 5.92 Å². The van der Waals surface area contributed by atoms with Gasteiger partial charge < -0.3 is 9.80 Å². The number of piperidine rings is 1. The summed E-state index contributed by atoms with van der Waals surface area (Å²) in [5.41, 5.74) is 3.52. The molecule has 2 aliphatic rings. The first-order valence-electron chi connectivity index (χ1n) is 9.12. The molecule has 2 heterocycles. The maximum Gasteiger partial charge on any atom is 0.290 e. The smallest absolute Gasteiger partial charge is 0.290 e. The quantitative estimate of drug-likeness (QED) is 0.846. The van der Waals surface area contributed by atoms with Crippen molar-refractivity contribution in [1.82, 2.24) is 15.2 Å². The van der Waals surface area contributed by atoms with Crippen LogP contribution < -0.4 is 10.4 Å². The Morgan fingerprint density at radius 1 is 1.15 bits per heavy atom. The van der Waals surface area contributed by atoms with E-state index in [-0.39, 0.29) is 29.5 Å². The van der Waals surface area contributed by atoms with Gasteiger partial charge in [0.15, 0.2) is 0 Å². The molecule has 27 heavy (non-hydrogen) atoms. The molecule has 3 amide bonds. The summed E-state index contributed by atoms with van der Waals surface area (Å²) in [6.45, 7) is 2.67. The number of benzene rings is 1. The maximum atomic E-state index is 12.9. The van der Waals surface area contributed by atoms with Crippen molar-refractivity contribution in [3.63, 3.8) is 0 Å². The molecule has 0 bridgehead atoms. The zero-order chi connectivity index (χ0) is 19.6. The molecule has 0 radical (unpaired) electrons. The minimum Gasteiger partial charge on any atom is -0.349 e. The Labute approximate surface area is 158 Å². The topological polar surface area (TPSA) is 85.3 Å². The van der Waals surface area contributed by atoms with Crippen molar-refractivity contribution in [2.45, 2.75) is 25.8 Å². The Bertz CT molecular complexity index is 754. The number of anilines is 1. The van der Waals surface area contributed by atoms with Gasteiger partial charge in [-0.2, -0.15) is 0 Å². The van der Waals surface area contributed by atoms with Crippen LogP contribution in [-0.2, 0) is 14.4 Å². The summed E-state index contributed by atoms with van der Waals surface area (Å²) in [6, 6.07) is 8.47. The summed E-state index contributed by atoms with van der Waals surface area (Å²) in [4.78, 5) is 45.0. The predicted molar refractivity (Wildman–Crippen MR) is 102 cm³/mol. The fraction of sp³-hybridized carbons (Fsp3) is 0.474. The molecule has 0 aromatic heterocycles. The number of amidine groups is 1. The number of carbonyl (C=O) groups excluding carboxylic acids is 3. The Morgan fingerprint density at radius 3 is 2.37 bits per heavy atom. The maximum absolute atomic E-state index is 12.9. The van der Waals surface area contributed by atoms with Gasteiger partial charge in [-0.25, -0.2) is 10.0 Å². The third kappa shape index (κ3) is 3.94. The second-order valence-corrected chi connectivity index (χ2v) is 7.07. The van der Waals surface area contributed by atoms with E-state index in [2.05, 4.69) is 10.4 Å². The molecule has 0 saturated carbocycles. The van der Waals surface area contributed by atoms with E-state index in [9.17, 15) is 14.4 Å². The number of para-hydroxylation sites is 1. The van der Waals surface area contributed by atoms with E-state index in [0.717, 1.165) is 0 Å². The largest absolute Gasteiger partial charge is 0.349 e. The lowest BCUT2D eigenvalue weighted by Crippen LogP contribution is -2.59. The van der Waals surface area contributed by atoms with Crippen LogP contribution in [0.5, 0.6) is 0 Å². The van der Waals surface area contributed by atoms with Gasteiger partial charge in [0.2, 0.25) is 11.7 Å². The number of nitrogens with one attached hydrogen (secondary N) is 1. The fourth-order valence-electron chi connectivity index (χ4n) is 3.34. The number of hydrogen-bond donors (Lipinski definition) is 1. The molecular formula is C19H25N5O3. The van der Waals surface area contributed by atoms with Crippen molar-refractivity contribution in [2.75, 3.05) is 32.2 Å². The molecule has 1 fully saturated rings. The highest BCUT2D eigenvalue weighted by Crippen LogP contribution is 2.20. The molecule has 3 rings (SSSR count). The van der Waals surface area contributed by atoms with E-state index in [1.54, 1.807) is 43.0 Å².